The highest BCUT2D eigenvalue weighted by Crippen LogP contribution is 1.96. The van der Waals surface area contributed by atoms with Gasteiger partial charge >= 0.3 is 0 Å². The maximum absolute atomic E-state index is 12.4. The maximum Gasteiger partial charge on any atom is 0.287 e. The minimum Gasteiger partial charge on any atom is -0.302 e. The molecule has 1 rings (SSSR count). The van der Waals surface area contributed by atoms with Crippen LogP contribution in [-0.4, -0.2) is 15.8 Å². The standard InChI is InChI=1S/C8H9FN2O2/c1-2-3-6(12)7-10-4-5(9)8(13)11-7/h4H,2-3H2,1H3,(H,10,11,13). The monoisotopic (exact) mass is 184 g/mol. The van der Waals surface area contributed by atoms with Crippen molar-refractivity contribution >= 4 is 5.78 Å². The number of hydrogen-bond acceptors (Lipinski definition) is 3. The average Bonchev–Trinajstić information content (AvgIpc) is 2.10. The summed E-state index contributed by atoms with van der Waals surface area (Å²) in [5.41, 5.74) is -0.908. The number of nitrogens with one attached hydrogen (secondary N) is 1. The van der Waals surface area contributed by atoms with Gasteiger partial charge in [-0.15, -0.1) is 0 Å². The number of carbonyl (C=O) groups is 1. The molecular formula is C8H9FN2O2. The molecule has 0 aliphatic carbocycles. The number of aromatic amines is 1. The molecule has 0 radical (unpaired) electrons. The molecule has 0 aliphatic heterocycles. The molecule has 0 fully saturated rings. The van der Waals surface area contributed by atoms with E-state index in [9.17, 15) is 14.0 Å². The van der Waals surface area contributed by atoms with Gasteiger partial charge in [-0.2, -0.15) is 4.39 Å². The van der Waals surface area contributed by atoms with Gasteiger partial charge in [-0.05, 0) is 6.42 Å². The van der Waals surface area contributed by atoms with E-state index in [1.54, 1.807) is 0 Å². The van der Waals surface area contributed by atoms with Gasteiger partial charge in [0.15, 0.2) is 11.6 Å². The Labute approximate surface area is 73.8 Å². The first kappa shape index (κ1) is 9.57. The van der Waals surface area contributed by atoms with E-state index < -0.39 is 11.4 Å². The predicted molar refractivity (Wildman–Crippen MR) is 44.1 cm³/mol. The maximum atomic E-state index is 12.4. The largest absolute Gasteiger partial charge is 0.302 e. The highest BCUT2D eigenvalue weighted by atomic mass is 19.1. The Morgan fingerprint density at radius 1 is 1.69 bits per heavy atom. The van der Waals surface area contributed by atoms with Gasteiger partial charge in [-0.25, -0.2) is 4.98 Å². The number of halogens is 1. The van der Waals surface area contributed by atoms with Crippen LogP contribution in [0.5, 0.6) is 0 Å². The van der Waals surface area contributed by atoms with E-state index in [4.69, 9.17) is 0 Å². The molecule has 0 bridgehead atoms. The molecule has 0 aromatic carbocycles. The fourth-order valence-electron chi connectivity index (χ4n) is 0.867. The van der Waals surface area contributed by atoms with Crippen molar-refractivity contribution in [3.05, 3.63) is 28.2 Å². The van der Waals surface area contributed by atoms with E-state index in [2.05, 4.69) is 9.97 Å². The van der Waals surface area contributed by atoms with Crippen molar-refractivity contribution in [1.29, 1.82) is 0 Å². The molecule has 0 amide bonds. The summed E-state index contributed by atoms with van der Waals surface area (Å²) in [7, 11) is 0. The molecule has 1 heterocycles. The fraction of sp³-hybridized carbons (Fsp3) is 0.375. The van der Waals surface area contributed by atoms with Crippen LogP contribution >= 0.6 is 0 Å². The Hall–Kier alpha value is -1.52. The first-order chi connectivity index (χ1) is 6.15. The van der Waals surface area contributed by atoms with Crippen molar-refractivity contribution in [2.45, 2.75) is 19.8 Å². The third kappa shape index (κ3) is 2.21. The smallest absolute Gasteiger partial charge is 0.287 e. The number of hydrogen-bond donors (Lipinski definition) is 1. The Morgan fingerprint density at radius 2 is 2.38 bits per heavy atom. The molecule has 1 aromatic heterocycles. The Bertz CT molecular complexity index is 373. The zero-order chi connectivity index (χ0) is 9.84. The lowest BCUT2D eigenvalue weighted by Crippen LogP contribution is -2.17. The molecule has 13 heavy (non-hydrogen) atoms. The van der Waals surface area contributed by atoms with E-state index in [0.29, 0.717) is 12.8 Å². The van der Waals surface area contributed by atoms with Crippen molar-refractivity contribution in [2.75, 3.05) is 0 Å². The van der Waals surface area contributed by atoms with E-state index in [-0.39, 0.29) is 11.6 Å². The van der Waals surface area contributed by atoms with Gasteiger partial charge < -0.3 is 4.98 Å². The van der Waals surface area contributed by atoms with Crippen molar-refractivity contribution in [1.82, 2.24) is 9.97 Å². The Balaban J connectivity index is 2.97. The SMILES string of the molecule is CCCC(=O)c1ncc(F)c(=O)[nH]1. The molecule has 0 saturated heterocycles. The van der Waals surface area contributed by atoms with Gasteiger partial charge in [-0.1, -0.05) is 6.92 Å². The summed E-state index contributed by atoms with van der Waals surface area (Å²) in [4.78, 5) is 27.4. The molecule has 1 N–H and O–H groups in total. The molecule has 0 saturated carbocycles. The van der Waals surface area contributed by atoms with Gasteiger partial charge in [0.25, 0.3) is 5.56 Å². The summed E-state index contributed by atoms with van der Waals surface area (Å²) >= 11 is 0. The second kappa shape index (κ2) is 3.93. The lowest BCUT2D eigenvalue weighted by molar-refractivity contribution is 0.0971. The van der Waals surface area contributed by atoms with Crippen LogP contribution in [0, 0.1) is 5.82 Å². The van der Waals surface area contributed by atoms with Gasteiger partial charge in [0.2, 0.25) is 5.82 Å². The van der Waals surface area contributed by atoms with Crippen LogP contribution in [0.2, 0.25) is 0 Å². The quantitative estimate of drug-likeness (QED) is 0.709. The molecule has 0 atom stereocenters. The number of ketones is 1. The lowest BCUT2D eigenvalue weighted by Gasteiger charge is -1.96. The van der Waals surface area contributed by atoms with Crippen molar-refractivity contribution in [3.8, 4) is 0 Å². The summed E-state index contributed by atoms with van der Waals surface area (Å²) < 4.78 is 12.4. The summed E-state index contributed by atoms with van der Waals surface area (Å²) in [6, 6.07) is 0. The molecule has 0 aliphatic rings. The average molecular weight is 184 g/mol. The van der Waals surface area contributed by atoms with E-state index in [1.165, 1.54) is 0 Å². The normalized spacial score (nSPS) is 10.0. The predicted octanol–water partition coefficient (Wildman–Crippen LogP) is 0.892. The van der Waals surface area contributed by atoms with Crippen LogP contribution in [0.15, 0.2) is 11.0 Å². The zero-order valence-corrected chi connectivity index (χ0v) is 7.13. The number of aromatic nitrogens is 2. The van der Waals surface area contributed by atoms with Gasteiger partial charge in [-0.3, -0.25) is 9.59 Å². The summed E-state index contributed by atoms with van der Waals surface area (Å²) in [5.74, 6) is -1.33. The third-order valence-corrected chi connectivity index (χ3v) is 1.50. The molecule has 5 heteroatoms. The van der Waals surface area contributed by atoms with Gasteiger partial charge in [0, 0.05) is 6.42 Å². The first-order valence-corrected chi connectivity index (χ1v) is 3.93. The topological polar surface area (TPSA) is 62.8 Å². The minimum atomic E-state index is -0.979. The van der Waals surface area contributed by atoms with E-state index in [1.807, 2.05) is 6.92 Å². The van der Waals surface area contributed by atoms with Crippen LogP contribution in [0.4, 0.5) is 4.39 Å². The molecule has 0 spiro atoms. The fourth-order valence-corrected chi connectivity index (χ4v) is 0.867. The summed E-state index contributed by atoms with van der Waals surface area (Å²) in [6.07, 6.45) is 1.72. The summed E-state index contributed by atoms with van der Waals surface area (Å²) in [6.45, 7) is 1.83. The summed E-state index contributed by atoms with van der Waals surface area (Å²) in [5, 5.41) is 0. The number of H-pyrrole nitrogens is 1. The molecule has 1 aromatic rings. The van der Waals surface area contributed by atoms with Gasteiger partial charge in [0.05, 0.1) is 6.20 Å². The van der Waals surface area contributed by atoms with Crippen LogP contribution in [0.25, 0.3) is 0 Å². The van der Waals surface area contributed by atoms with Crippen LogP contribution in [0.1, 0.15) is 30.4 Å². The van der Waals surface area contributed by atoms with Gasteiger partial charge in [0.1, 0.15) is 0 Å². The van der Waals surface area contributed by atoms with E-state index in [0.717, 1.165) is 6.20 Å². The molecule has 4 nitrogen and oxygen atoms in total. The van der Waals surface area contributed by atoms with E-state index >= 15 is 0 Å². The molecular weight excluding hydrogens is 175 g/mol. The van der Waals surface area contributed by atoms with Crippen LogP contribution in [-0.2, 0) is 0 Å². The highest BCUT2D eigenvalue weighted by Gasteiger charge is 2.08. The second-order valence-electron chi connectivity index (χ2n) is 2.58. The van der Waals surface area contributed by atoms with Crippen molar-refractivity contribution in [3.63, 3.8) is 0 Å². The number of Topliss-reactive ketones (excluding diaryl/α,β-unsaturated/α-hetero) is 1. The lowest BCUT2D eigenvalue weighted by atomic mass is 10.2. The minimum absolute atomic E-state index is 0.0757. The Kier molecular flexibility index (Phi) is 2.89. The zero-order valence-electron chi connectivity index (χ0n) is 7.13. The van der Waals surface area contributed by atoms with Crippen molar-refractivity contribution in [2.24, 2.45) is 0 Å². The Morgan fingerprint density at radius 3 is 2.92 bits per heavy atom. The number of carbonyl (C=O) groups excluding carboxylic acids is 1. The number of rotatable bonds is 3. The number of nitrogens with zero attached hydrogens (tertiary/aromatic N) is 1. The highest BCUT2D eigenvalue weighted by molar-refractivity contribution is 5.92. The second-order valence-corrected chi connectivity index (χ2v) is 2.58. The van der Waals surface area contributed by atoms with Crippen molar-refractivity contribution < 1.29 is 9.18 Å². The molecule has 70 valence electrons. The van der Waals surface area contributed by atoms with Crippen LogP contribution in [0.3, 0.4) is 0 Å². The first-order valence-electron chi connectivity index (χ1n) is 3.93. The van der Waals surface area contributed by atoms with Crippen LogP contribution < -0.4 is 5.56 Å². The molecule has 0 unspecified atom stereocenters. The third-order valence-electron chi connectivity index (χ3n) is 1.50.